The van der Waals surface area contributed by atoms with Crippen molar-refractivity contribution in [1.82, 2.24) is 0 Å². The van der Waals surface area contributed by atoms with Crippen molar-refractivity contribution in [3.63, 3.8) is 0 Å². The fourth-order valence-corrected chi connectivity index (χ4v) is 7.29. The van der Waals surface area contributed by atoms with Gasteiger partial charge in [-0.15, -0.1) is 0 Å². The van der Waals surface area contributed by atoms with Gasteiger partial charge in [-0.05, 0) is 50.2 Å². The van der Waals surface area contributed by atoms with Gasteiger partial charge in [-0.2, -0.15) is 0 Å². The van der Waals surface area contributed by atoms with Crippen LogP contribution in [0.1, 0.15) is 65.7 Å². The van der Waals surface area contributed by atoms with Crippen LogP contribution in [0.3, 0.4) is 0 Å². The second kappa shape index (κ2) is 7.20. The maximum Gasteiger partial charge on any atom is 0.191 e. The maximum atomic E-state index is 12.5. The average Bonchev–Trinajstić information content (AvgIpc) is 2.40. The fourth-order valence-electron chi connectivity index (χ4n) is 3.67. The summed E-state index contributed by atoms with van der Waals surface area (Å²) in [7, 11) is -4.71. The third-order valence-electron chi connectivity index (χ3n) is 6.37. The second-order valence-corrected chi connectivity index (χ2v) is 16.4. The summed E-state index contributed by atoms with van der Waals surface area (Å²) in [4.78, 5) is 12.5. The molecular formula is C18H34O4SSi. The number of carbonyl (C=O) groups is 1. The first-order valence-electron chi connectivity index (χ1n) is 9.34. The van der Waals surface area contributed by atoms with E-state index in [1.807, 2.05) is 0 Å². The molecule has 24 heavy (non-hydrogen) atoms. The Labute approximate surface area is 148 Å². The number of rotatable bonds is 6. The van der Waals surface area contributed by atoms with Crippen molar-refractivity contribution >= 4 is 23.9 Å². The number of hydrogen-bond donors (Lipinski definition) is 0. The Kier molecular flexibility index (Phi) is 6.03. The standard InChI is InChI=1S/C18H34O4SSi/c1-18(2,3)24(4,5)22-11-7-10-17(19)14-12-15-8-6-9-16(13-14)23(15,20)21/h14-16H,6-13H2,1-5H3. The number of carbonyl (C=O) groups excluding carboxylic acids is 1. The molecule has 0 radical (unpaired) electrons. The summed E-state index contributed by atoms with van der Waals surface area (Å²) in [5, 5.41) is -0.337. The quantitative estimate of drug-likeness (QED) is 0.519. The Balaban J connectivity index is 1.80. The Hall–Kier alpha value is -0.203. The number of sulfone groups is 1. The molecule has 140 valence electrons. The van der Waals surface area contributed by atoms with E-state index in [1.165, 1.54) is 0 Å². The Morgan fingerprint density at radius 3 is 2.17 bits per heavy atom. The van der Waals surface area contributed by atoms with Crippen LogP contribution >= 0.6 is 0 Å². The largest absolute Gasteiger partial charge is 0.417 e. The lowest BCUT2D eigenvalue weighted by molar-refractivity contribution is -0.123. The highest BCUT2D eigenvalue weighted by molar-refractivity contribution is 7.92. The van der Waals surface area contributed by atoms with Crippen molar-refractivity contribution in [2.24, 2.45) is 5.92 Å². The number of ketones is 1. The molecule has 2 fully saturated rings. The molecule has 0 spiro atoms. The first-order valence-corrected chi connectivity index (χ1v) is 13.9. The van der Waals surface area contributed by atoms with Crippen molar-refractivity contribution in [3.8, 4) is 0 Å². The normalized spacial score (nSPS) is 30.1. The highest BCUT2D eigenvalue weighted by atomic mass is 32.2. The third-order valence-corrected chi connectivity index (χ3v) is 13.6. The summed E-state index contributed by atoms with van der Waals surface area (Å²) in [6.45, 7) is 11.7. The van der Waals surface area contributed by atoms with E-state index in [9.17, 15) is 13.2 Å². The van der Waals surface area contributed by atoms with E-state index < -0.39 is 18.2 Å². The minimum Gasteiger partial charge on any atom is -0.417 e. The SMILES string of the molecule is CC(C)(C)[Si](C)(C)OCCCC(=O)C1CC2CCCC(C1)S2(=O)=O. The molecule has 2 unspecified atom stereocenters. The molecule has 2 saturated heterocycles. The van der Waals surface area contributed by atoms with Gasteiger partial charge in [0.1, 0.15) is 5.78 Å². The summed E-state index contributed by atoms with van der Waals surface area (Å²) >= 11 is 0. The zero-order valence-corrected chi connectivity index (χ0v) is 17.7. The van der Waals surface area contributed by atoms with Crippen molar-refractivity contribution in [2.75, 3.05) is 6.61 Å². The van der Waals surface area contributed by atoms with Crippen molar-refractivity contribution in [3.05, 3.63) is 0 Å². The van der Waals surface area contributed by atoms with Gasteiger partial charge in [0.25, 0.3) is 0 Å². The van der Waals surface area contributed by atoms with E-state index in [2.05, 4.69) is 33.9 Å². The minimum absolute atomic E-state index is 0.0447. The monoisotopic (exact) mass is 374 g/mol. The molecule has 0 saturated carbocycles. The predicted molar refractivity (Wildman–Crippen MR) is 100 cm³/mol. The highest BCUT2D eigenvalue weighted by Gasteiger charge is 2.45. The zero-order valence-electron chi connectivity index (χ0n) is 15.9. The van der Waals surface area contributed by atoms with Crippen LogP contribution in [-0.2, 0) is 19.1 Å². The van der Waals surface area contributed by atoms with Gasteiger partial charge in [0, 0.05) is 18.9 Å². The lowest BCUT2D eigenvalue weighted by Gasteiger charge is -2.38. The Bertz CT molecular complexity index is 542. The number of fused-ring (bicyclic) bond motifs is 2. The molecule has 2 atom stereocenters. The summed E-state index contributed by atoms with van der Waals surface area (Å²) in [5.41, 5.74) is 0. The molecule has 2 rings (SSSR count). The van der Waals surface area contributed by atoms with Gasteiger partial charge >= 0.3 is 0 Å². The molecule has 4 nitrogen and oxygen atoms in total. The molecule has 2 bridgehead atoms. The van der Waals surface area contributed by atoms with E-state index >= 15 is 0 Å². The molecule has 2 aliphatic heterocycles. The van der Waals surface area contributed by atoms with Gasteiger partial charge in [0.2, 0.25) is 0 Å². The van der Waals surface area contributed by atoms with E-state index in [0.29, 0.717) is 25.9 Å². The second-order valence-electron chi connectivity index (χ2n) is 9.11. The molecule has 0 aliphatic carbocycles. The van der Waals surface area contributed by atoms with Crippen LogP contribution < -0.4 is 0 Å². The van der Waals surface area contributed by atoms with Crippen LogP contribution in [0.5, 0.6) is 0 Å². The molecule has 6 heteroatoms. The summed E-state index contributed by atoms with van der Waals surface area (Å²) in [6.07, 6.45) is 4.88. The topological polar surface area (TPSA) is 60.4 Å². The van der Waals surface area contributed by atoms with Crippen LogP contribution in [0, 0.1) is 5.92 Å². The predicted octanol–water partition coefficient (Wildman–Crippen LogP) is 4.10. The lowest BCUT2D eigenvalue weighted by atomic mass is 9.85. The van der Waals surface area contributed by atoms with E-state index in [-0.39, 0.29) is 27.2 Å². The van der Waals surface area contributed by atoms with Gasteiger partial charge in [-0.25, -0.2) is 8.42 Å². The van der Waals surface area contributed by atoms with E-state index in [1.54, 1.807) is 0 Å². The molecule has 0 amide bonds. The maximum absolute atomic E-state index is 12.5. The smallest absolute Gasteiger partial charge is 0.191 e. The molecular weight excluding hydrogens is 340 g/mol. The molecule has 0 aromatic carbocycles. The zero-order chi connectivity index (χ0) is 18.2. The number of hydrogen-bond acceptors (Lipinski definition) is 4. The highest BCUT2D eigenvalue weighted by Crippen LogP contribution is 2.40. The van der Waals surface area contributed by atoms with Gasteiger partial charge in [-0.1, -0.05) is 27.2 Å². The van der Waals surface area contributed by atoms with Gasteiger partial charge in [-0.3, -0.25) is 4.79 Å². The van der Waals surface area contributed by atoms with Crippen LogP contribution in [0.4, 0.5) is 0 Å². The minimum atomic E-state index is -2.96. The molecule has 0 aromatic heterocycles. The number of Topliss-reactive ketones (excluding diaryl/α,β-unsaturated/α-hetero) is 1. The van der Waals surface area contributed by atoms with E-state index in [4.69, 9.17) is 4.43 Å². The summed E-state index contributed by atoms with van der Waals surface area (Å²) in [6, 6.07) is 0. The first-order chi connectivity index (χ1) is 10.9. The Morgan fingerprint density at radius 1 is 1.12 bits per heavy atom. The van der Waals surface area contributed by atoms with Crippen LogP contribution in [0.25, 0.3) is 0 Å². The third kappa shape index (κ3) is 4.30. The fraction of sp³-hybridized carbons (Fsp3) is 0.944. The average molecular weight is 375 g/mol. The molecule has 2 heterocycles. The van der Waals surface area contributed by atoms with Crippen molar-refractivity contribution in [2.45, 2.75) is 94.3 Å². The molecule has 0 N–H and O–H groups in total. The summed E-state index contributed by atoms with van der Waals surface area (Å²) < 4.78 is 30.7. The van der Waals surface area contributed by atoms with Crippen LogP contribution in [0.15, 0.2) is 0 Å². The van der Waals surface area contributed by atoms with Crippen molar-refractivity contribution in [1.29, 1.82) is 0 Å². The molecule has 0 aromatic rings. The Morgan fingerprint density at radius 2 is 1.67 bits per heavy atom. The van der Waals surface area contributed by atoms with Crippen LogP contribution in [0.2, 0.25) is 18.1 Å². The first kappa shape index (κ1) is 20.1. The van der Waals surface area contributed by atoms with Crippen molar-refractivity contribution < 1.29 is 17.6 Å². The lowest BCUT2D eigenvalue weighted by Crippen LogP contribution is -2.45. The van der Waals surface area contributed by atoms with Gasteiger partial charge < -0.3 is 4.43 Å². The van der Waals surface area contributed by atoms with Crippen LogP contribution in [-0.4, -0.2) is 39.6 Å². The summed E-state index contributed by atoms with van der Waals surface area (Å²) in [5.74, 6) is 0.206. The van der Waals surface area contributed by atoms with E-state index in [0.717, 1.165) is 25.7 Å². The molecule has 2 aliphatic rings. The van der Waals surface area contributed by atoms with Gasteiger partial charge in [0.15, 0.2) is 18.2 Å². The van der Waals surface area contributed by atoms with Gasteiger partial charge in [0.05, 0.1) is 10.5 Å².